The largest absolute Gasteiger partial charge is 0.482 e. The zero-order valence-electron chi connectivity index (χ0n) is 31.6. The Labute approximate surface area is 286 Å². The molecule has 264 valence electrons. The van der Waals surface area contributed by atoms with Crippen LogP contribution in [0.3, 0.4) is 0 Å². The van der Waals surface area contributed by atoms with E-state index < -0.39 is 19.2 Å². The van der Waals surface area contributed by atoms with Gasteiger partial charge in [0.05, 0.1) is 30.3 Å². The first kappa shape index (κ1) is 40.6. The molecule has 9 heteroatoms. The number of piperidine rings is 1. The third-order valence-electron chi connectivity index (χ3n) is 9.73. The van der Waals surface area contributed by atoms with Gasteiger partial charge in [0.1, 0.15) is 6.42 Å². The van der Waals surface area contributed by atoms with Crippen LogP contribution >= 0.6 is 0 Å². The maximum Gasteiger partial charge on any atom is 0.482 e. The molecule has 1 aromatic rings. The molecule has 2 heterocycles. The van der Waals surface area contributed by atoms with Crippen molar-refractivity contribution in [3.05, 3.63) is 35.4 Å². The van der Waals surface area contributed by atoms with Crippen LogP contribution in [-0.4, -0.2) is 61.4 Å². The highest BCUT2D eigenvalue weighted by atomic mass is 16.7. The summed E-state index contributed by atoms with van der Waals surface area (Å²) in [7, 11) is -0.553. The number of nitrogens with one attached hydrogen (secondary N) is 1. The number of rotatable bonds is 7. The van der Waals surface area contributed by atoms with Gasteiger partial charge in [-0.05, 0) is 74.2 Å². The monoisotopic (exact) mass is 653 g/mol. The Bertz CT molecular complexity index is 1170. The van der Waals surface area contributed by atoms with Crippen LogP contribution in [0.15, 0.2) is 24.3 Å². The molecular weight excluding hydrogens is 589 g/mol. The molecule has 3 saturated carbocycles. The van der Waals surface area contributed by atoms with Crippen molar-refractivity contribution < 1.29 is 23.6 Å². The van der Waals surface area contributed by atoms with Gasteiger partial charge in [0, 0.05) is 19.0 Å². The van der Waals surface area contributed by atoms with Crippen LogP contribution in [-0.2, 0) is 25.3 Å². The Balaban J connectivity index is 0.000000769. The Hall–Kier alpha value is -2.57. The quantitative estimate of drug-likeness (QED) is 0.298. The van der Waals surface area contributed by atoms with Crippen molar-refractivity contribution >= 4 is 19.1 Å². The average Bonchev–Trinajstić information content (AvgIpc) is 3.39. The Morgan fingerprint density at radius 1 is 1.11 bits per heavy atom. The number of aryl methyl sites for hydroxylation is 1. The molecule has 2 saturated heterocycles. The Kier molecular flexibility index (Phi) is 15.3. The minimum absolute atomic E-state index is 0.0294. The first-order valence-electron chi connectivity index (χ1n) is 18.1. The standard InChI is InChI=1S/C29H40BN3O5.C5H12.2C2H6/c1-19-7-9-20(10-8-19)14-25(30-37-24-16-22-15-23(28(22,2)3)29(24,4)38-30)32-27(35)36-18-21-6-5-13-33(17-21)26(34)11-12-31;1-5(2,3)4;2*1-2/h7-10,21-25H,5-6,11,13-18H2,1-4H3,(H,32,35);1-4H3;2*1-2H3/t21?,22?,23?,24-,25?,29+;;;/m1.../s1. The van der Waals surface area contributed by atoms with Crippen molar-refractivity contribution in [1.82, 2.24) is 10.2 Å². The molecule has 0 spiro atoms. The van der Waals surface area contributed by atoms with Crippen LogP contribution in [0.4, 0.5) is 4.79 Å². The molecule has 6 atom stereocenters. The van der Waals surface area contributed by atoms with Gasteiger partial charge in [-0.1, -0.05) is 99.1 Å². The predicted molar refractivity (Wildman–Crippen MR) is 191 cm³/mol. The molecule has 0 aromatic heterocycles. The molecule has 1 aromatic carbocycles. The minimum Gasteiger partial charge on any atom is -0.449 e. The fraction of sp³-hybridized carbons (Fsp3) is 0.763. The van der Waals surface area contributed by atoms with Gasteiger partial charge in [0.15, 0.2) is 0 Å². The van der Waals surface area contributed by atoms with Crippen molar-refractivity contribution in [2.45, 2.75) is 139 Å². The smallest absolute Gasteiger partial charge is 0.449 e. The zero-order valence-corrected chi connectivity index (χ0v) is 31.6. The molecule has 0 radical (unpaired) electrons. The number of carbonyl (C=O) groups excluding carboxylic acids is 2. The first-order valence-corrected chi connectivity index (χ1v) is 18.1. The number of nitrogens with zero attached hydrogens (tertiary/aromatic N) is 2. The fourth-order valence-electron chi connectivity index (χ4n) is 7.26. The Morgan fingerprint density at radius 3 is 2.30 bits per heavy atom. The third-order valence-corrected chi connectivity index (χ3v) is 9.73. The van der Waals surface area contributed by atoms with Crippen LogP contribution < -0.4 is 5.32 Å². The van der Waals surface area contributed by atoms with E-state index in [0.29, 0.717) is 36.8 Å². The maximum atomic E-state index is 13.0. The Morgan fingerprint density at radius 2 is 1.72 bits per heavy atom. The van der Waals surface area contributed by atoms with E-state index >= 15 is 0 Å². The molecule has 47 heavy (non-hydrogen) atoms. The molecular formula is C38H64BN3O5. The lowest BCUT2D eigenvalue weighted by Gasteiger charge is -2.64. The topological polar surface area (TPSA) is 101 Å². The van der Waals surface area contributed by atoms with Crippen LogP contribution in [0.1, 0.15) is 119 Å². The number of hydrogen-bond acceptors (Lipinski definition) is 6. The fourth-order valence-corrected chi connectivity index (χ4v) is 7.26. The summed E-state index contributed by atoms with van der Waals surface area (Å²) in [6, 6.07) is 10.2. The number of amides is 2. The van der Waals surface area contributed by atoms with Crippen molar-refractivity contribution in [3.8, 4) is 6.07 Å². The second-order valence-electron chi connectivity index (χ2n) is 15.6. The van der Waals surface area contributed by atoms with Gasteiger partial charge in [-0.25, -0.2) is 4.79 Å². The summed E-state index contributed by atoms with van der Waals surface area (Å²) in [4.78, 5) is 26.8. The molecule has 5 aliphatic rings. The molecule has 2 amide bonds. The van der Waals surface area contributed by atoms with Gasteiger partial charge in [-0.3, -0.25) is 4.79 Å². The van der Waals surface area contributed by atoms with Gasteiger partial charge in [0.25, 0.3) is 0 Å². The molecule has 2 bridgehead atoms. The molecule has 5 fully saturated rings. The van der Waals surface area contributed by atoms with Gasteiger partial charge < -0.3 is 24.3 Å². The van der Waals surface area contributed by atoms with Crippen LogP contribution in [0.2, 0.25) is 0 Å². The van der Waals surface area contributed by atoms with Crippen LogP contribution in [0, 0.1) is 46.8 Å². The number of hydrogen-bond donors (Lipinski definition) is 1. The van der Waals surface area contributed by atoms with E-state index in [4.69, 9.17) is 19.3 Å². The van der Waals surface area contributed by atoms with Crippen LogP contribution in [0.25, 0.3) is 0 Å². The molecule has 6 rings (SSSR count). The van der Waals surface area contributed by atoms with Crippen molar-refractivity contribution in [1.29, 1.82) is 5.26 Å². The molecule has 2 aliphatic heterocycles. The highest BCUT2D eigenvalue weighted by Gasteiger charge is 2.68. The number of carbonyl (C=O) groups is 2. The van der Waals surface area contributed by atoms with Crippen LogP contribution in [0.5, 0.6) is 0 Å². The second-order valence-corrected chi connectivity index (χ2v) is 15.6. The third kappa shape index (κ3) is 11.0. The van der Waals surface area contributed by atoms with E-state index in [1.807, 2.05) is 33.8 Å². The zero-order chi connectivity index (χ0) is 35.6. The normalized spacial score (nSPS) is 27.4. The van der Waals surface area contributed by atoms with E-state index in [9.17, 15) is 9.59 Å². The minimum atomic E-state index is -0.553. The van der Waals surface area contributed by atoms with Gasteiger partial charge in [-0.15, -0.1) is 0 Å². The SMILES string of the molecule is CC.CC.CC(C)(C)C.Cc1ccc(CC(NC(=O)OCC2CCCN(C(=O)CC#N)C2)B2O[C@@H]3CC4CC(C4(C)C)[C@]3(C)O2)cc1. The lowest BCUT2D eigenvalue weighted by molar-refractivity contribution is -0.199. The highest BCUT2D eigenvalue weighted by Crippen LogP contribution is 2.65. The number of nitriles is 1. The summed E-state index contributed by atoms with van der Waals surface area (Å²) in [5, 5.41) is 11.9. The van der Waals surface area contributed by atoms with E-state index in [2.05, 4.69) is 85.0 Å². The number of likely N-dealkylation sites (tertiary alicyclic amines) is 1. The molecule has 3 aliphatic carbocycles. The summed E-state index contributed by atoms with van der Waals surface area (Å²) in [6.45, 7) is 27.0. The molecule has 4 unspecified atom stereocenters. The molecule has 8 nitrogen and oxygen atoms in total. The lowest BCUT2D eigenvalue weighted by atomic mass is 9.43. The summed E-state index contributed by atoms with van der Waals surface area (Å²) >= 11 is 0. The van der Waals surface area contributed by atoms with E-state index in [1.54, 1.807) is 4.90 Å². The van der Waals surface area contributed by atoms with Crippen molar-refractivity contribution in [2.75, 3.05) is 19.7 Å². The highest BCUT2D eigenvalue weighted by molar-refractivity contribution is 6.47. The average molecular weight is 654 g/mol. The summed E-state index contributed by atoms with van der Waals surface area (Å²) < 4.78 is 18.9. The van der Waals surface area contributed by atoms with Gasteiger partial charge in [-0.2, -0.15) is 5.26 Å². The first-order chi connectivity index (χ1) is 22.1. The number of alkyl carbamates (subject to hydrolysis) is 1. The second kappa shape index (κ2) is 17.7. The molecule has 1 N–H and O–H groups in total. The van der Waals surface area contributed by atoms with Crippen molar-refractivity contribution in [2.24, 2.45) is 28.6 Å². The summed E-state index contributed by atoms with van der Waals surface area (Å²) in [5.74, 6) is 0.590. The maximum absolute atomic E-state index is 13.0. The van der Waals surface area contributed by atoms with E-state index in [0.717, 1.165) is 24.8 Å². The number of ether oxygens (including phenoxy) is 1. The summed E-state index contributed by atoms with van der Waals surface area (Å²) in [6.07, 6.45) is 3.86. The number of benzene rings is 1. The summed E-state index contributed by atoms with van der Waals surface area (Å²) in [5.41, 5.74) is 2.66. The van der Waals surface area contributed by atoms with Gasteiger partial charge >= 0.3 is 13.2 Å². The van der Waals surface area contributed by atoms with Crippen molar-refractivity contribution in [3.63, 3.8) is 0 Å². The van der Waals surface area contributed by atoms with Gasteiger partial charge in [0.2, 0.25) is 5.91 Å². The lowest BCUT2D eigenvalue weighted by Crippen LogP contribution is -2.65. The van der Waals surface area contributed by atoms with E-state index in [-0.39, 0.29) is 42.0 Å². The predicted octanol–water partition coefficient (Wildman–Crippen LogP) is 8.16. The van der Waals surface area contributed by atoms with E-state index in [1.165, 1.54) is 12.0 Å².